The van der Waals surface area contributed by atoms with Crippen LogP contribution in [0.3, 0.4) is 0 Å². The molecular weight excluding hydrogens is 442 g/mol. The first-order valence-electron chi connectivity index (χ1n) is 9.99. The second-order valence-electron chi connectivity index (χ2n) is 7.06. The van der Waals surface area contributed by atoms with Crippen LogP contribution in [0.1, 0.15) is 30.0 Å². The van der Waals surface area contributed by atoms with Gasteiger partial charge in [0.2, 0.25) is 0 Å². The molecule has 1 nitrogen and oxygen atoms in total. The zero-order chi connectivity index (χ0) is 24.0. The SMILES string of the molecule is CCCc1ccc(-c2ccc(C#Cc3cc(F)c(OC=CC(F)F)c(F)c3)c(F)c2)c(F)c1. The van der Waals surface area contributed by atoms with Crippen LogP contribution in [0.5, 0.6) is 5.75 Å². The van der Waals surface area contributed by atoms with E-state index in [-0.39, 0.29) is 16.7 Å². The first-order chi connectivity index (χ1) is 15.8. The molecule has 3 rings (SSSR count). The molecule has 7 heteroatoms. The highest BCUT2D eigenvalue weighted by Crippen LogP contribution is 2.26. The van der Waals surface area contributed by atoms with Gasteiger partial charge in [0.25, 0.3) is 6.43 Å². The molecule has 0 aliphatic carbocycles. The van der Waals surface area contributed by atoms with Gasteiger partial charge >= 0.3 is 0 Å². The van der Waals surface area contributed by atoms with Crippen molar-refractivity contribution in [2.75, 3.05) is 0 Å². The zero-order valence-corrected chi connectivity index (χ0v) is 17.4. The predicted octanol–water partition coefficient (Wildman–Crippen LogP) is 7.42. The Labute approximate surface area is 187 Å². The van der Waals surface area contributed by atoms with Crippen LogP contribution in [0.4, 0.5) is 26.3 Å². The number of ether oxygens (including phenoxy) is 1. The van der Waals surface area contributed by atoms with Gasteiger partial charge in [-0.2, -0.15) is 0 Å². The molecule has 170 valence electrons. The highest BCUT2D eigenvalue weighted by atomic mass is 19.3. The van der Waals surface area contributed by atoms with E-state index in [2.05, 4.69) is 16.6 Å². The summed E-state index contributed by atoms with van der Waals surface area (Å²) in [4.78, 5) is 0. The van der Waals surface area contributed by atoms with Crippen LogP contribution in [-0.4, -0.2) is 6.43 Å². The molecule has 0 unspecified atom stereocenters. The highest BCUT2D eigenvalue weighted by Gasteiger charge is 2.12. The third kappa shape index (κ3) is 6.19. The summed E-state index contributed by atoms with van der Waals surface area (Å²) in [6.07, 6.45) is -0.417. The summed E-state index contributed by atoms with van der Waals surface area (Å²) < 4.78 is 85.7. The van der Waals surface area contributed by atoms with Gasteiger partial charge in [0.1, 0.15) is 11.6 Å². The molecule has 0 N–H and O–H groups in total. The van der Waals surface area contributed by atoms with Crippen LogP contribution in [0.25, 0.3) is 11.1 Å². The Morgan fingerprint density at radius 1 is 0.848 bits per heavy atom. The van der Waals surface area contributed by atoms with E-state index in [4.69, 9.17) is 0 Å². The maximum absolute atomic E-state index is 14.5. The molecule has 0 saturated carbocycles. The Kier molecular flexibility index (Phi) is 7.83. The Morgan fingerprint density at radius 3 is 2.18 bits per heavy atom. The van der Waals surface area contributed by atoms with E-state index in [1.54, 1.807) is 12.1 Å². The van der Waals surface area contributed by atoms with Crippen molar-refractivity contribution in [3.63, 3.8) is 0 Å². The third-order valence-electron chi connectivity index (χ3n) is 4.60. The fourth-order valence-electron chi connectivity index (χ4n) is 3.07. The summed E-state index contributed by atoms with van der Waals surface area (Å²) in [7, 11) is 0. The van der Waals surface area contributed by atoms with Crippen LogP contribution in [0.2, 0.25) is 0 Å². The zero-order valence-electron chi connectivity index (χ0n) is 17.4. The van der Waals surface area contributed by atoms with Gasteiger partial charge in [-0.1, -0.05) is 43.4 Å². The summed E-state index contributed by atoms with van der Waals surface area (Å²) >= 11 is 0. The third-order valence-corrected chi connectivity index (χ3v) is 4.60. The van der Waals surface area contributed by atoms with Crippen molar-refractivity contribution in [2.45, 2.75) is 26.2 Å². The van der Waals surface area contributed by atoms with E-state index in [1.807, 2.05) is 6.92 Å². The average molecular weight is 460 g/mol. The molecule has 0 radical (unpaired) electrons. The predicted molar refractivity (Wildman–Crippen MR) is 114 cm³/mol. The maximum atomic E-state index is 14.5. The summed E-state index contributed by atoms with van der Waals surface area (Å²) in [6.45, 7) is 1.99. The van der Waals surface area contributed by atoms with Gasteiger partial charge in [-0.15, -0.1) is 0 Å². The summed E-state index contributed by atoms with van der Waals surface area (Å²) in [5, 5.41) is 0. The lowest BCUT2D eigenvalue weighted by Gasteiger charge is -2.07. The number of aryl methyl sites for hydroxylation is 1. The second kappa shape index (κ2) is 10.8. The Hall–Kier alpha value is -3.66. The molecule has 0 aliphatic rings. The normalized spacial score (nSPS) is 11.0. The minimum atomic E-state index is -2.83. The van der Waals surface area contributed by atoms with Crippen molar-refractivity contribution in [3.05, 3.63) is 101 Å². The molecule has 0 amide bonds. The smallest absolute Gasteiger partial charge is 0.260 e. The molecule has 33 heavy (non-hydrogen) atoms. The van der Waals surface area contributed by atoms with E-state index in [0.717, 1.165) is 36.6 Å². The van der Waals surface area contributed by atoms with Crippen LogP contribution >= 0.6 is 0 Å². The summed E-state index contributed by atoms with van der Waals surface area (Å²) in [5.74, 6) is 0.551. The molecular formula is C26H18F6O. The number of benzene rings is 3. The molecule has 0 bridgehead atoms. The Morgan fingerprint density at radius 2 is 1.58 bits per heavy atom. The number of rotatable bonds is 6. The van der Waals surface area contributed by atoms with Crippen molar-refractivity contribution in [1.82, 2.24) is 0 Å². The first-order valence-corrected chi connectivity index (χ1v) is 9.99. The maximum Gasteiger partial charge on any atom is 0.260 e. The van der Waals surface area contributed by atoms with Crippen LogP contribution in [0, 0.1) is 35.1 Å². The van der Waals surface area contributed by atoms with Crippen LogP contribution in [0.15, 0.2) is 60.9 Å². The minimum Gasteiger partial charge on any atom is -0.459 e. The largest absolute Gasteiger partial charge is 0.459 e. The molecule has 0 spiro atoms. The van der Waals surface area contributed by atoms with Gasteiger partial charge in [-0.3, -0.25) is 0 Å². The fraction of sp³-hybridized carbons (Fsp3) is 0.154. The van der Waals surface area contributed by atoms with Gasteiger partial charge in [0, 0.05) is 17.2 Å². The summed E-state index contributed by atoms with van der Waals surface area (Å²) in [6, 6.07) is 10.4. The lowest BCUT2D eigenvalue weighted by Crippen LogP contribution is -1.95. The molecule has 0 heterocycles. The number of hydrogen-bond donors (Lipinski definition) is 0. The van der Waals surface area contributed by atoms with E-state index in [9.17, 15) is 26.3 Å². The number of hydrogen-bond acceptors (Lipinski definition) is 1. The number of halogens is 6. The molecule has 0 atom stereocenters. The average Bonchev–Trinajstić information content (AvgIpc) is 2.75. The number of allylic oxidation sites excluding steroid dienone is 1. The van der Waals surface area contributed by atoms with E-state index in [1.165, 1.54) is 18.2 Å². The van der Waals surface area contributed by atoms with E-state index >= 15 is 0 Å². The van der Waals surface area contributed by atoms with Crippen molar-refractivity contribution >= 4 is 0 Å². The molecule has 0 fully saturated rings. The second-order valence-corrected chi connectivity index (χ2v) is 7.06. The molecule has 0 aliphatic heterocycles. The monoisotopic (exact) mass is 460 g/mol. The first kappa shape index (κ1) is 24.0. The van der Waals surface area contributed by atoms with Gasteiger partial charge in [0.05, 0.1) is 11.8 Å². The van der Waals surface area contributed by atoms with Gasteiger partial charge in [-0.05, 0) is 47.9 Å². The lowest BCUT2D eigenvalue weighted by molar-refractivity contribution is 0.200. The van der Waals surface area contributed by atoms with Crippen molar-refractivity contribution < 1.29 is 31.1 Å². The van der Waals surface area contributed by atoms with E-state index in [0.29, 0.717) is 17.9 Å². The van der Waals surface area contributed by atoms with Gasteiger partial charge < -0.3 is 4.74 Å². The highest BCUT2D eigenvalue weighted by molar-refractivity contribution is 5.66. The van der Waals surface area contributed by atoms with Crippen molar-refractivity contribution in [1.29, 1.82) is 0 Å². The quantitative estimate of drug-likeness (QED) is 0.211. The van der Waals surface area contributed by atoms with Crippen molar-refractivity contribution in [3.8, 4) is 28.7 Å². The van der Waals surface area contributed by atoms with E-state index < -0.39 is 35.4 Å². The molecule has 3 aromatic carbocycles. The Bertz CT molecular complexity index is 1210. The summed E-state index contributed by atoms with van der Waals surface area (Å²) in [5.41, 5.74) is 1.25. The van der Waals surface area contributed by atoms with Crippen LogP contribution < -0.4 is 4.74 Å². The standard InChI is InChI=1S/C26H18F6O/c1-2-3-16-5-9-20(22(28)12-16)19-8-7-18(21(27)15-19)6-4-17-13-23(29)26(24(30)14-17)33-11-10-25(31)32/h5,7-15,25H,2-3H2,1H3. The molecule has 0 aromatic heterocycles. The molecule has 3 aromatic rings. The minimum absolute atomic E-state index is 0.0530. The topological polar surface area (TPSA) is 9.23 Å². The lowest BCUT2D eigenvalue weighted by atomic mass is 10.00. The number of alkyl halides is 2. The fourth-order valence-corrected chi connectivity index (χ4v) is 3.07. The molecule has 0 saturated heterocycles. The Balaban J connectivity index is 1.83. The van der Waals surface area contributed by atoms with Gasteiger partial charge in [-0.25, -0.2) is 26.3 Å². The van der Waals surface area contributed by atoms with Crippen molar-refractivity contribution in [2.24, 2.45) is 0 Å². The van der Waals surface area contributed by atoms with Gasteiger partial charge in [0.15, 0.2) is 17.4 Å². The van der Waals surface area contributed by atoms with Crippen LogP contribution in [-0.2, 0) is 6.42 Å².